The molecule has 19 heavy (non-hydrogen) atoms. The van der Waals surface area contributed by atoms with Crippen LogP contribution in [-0.2, 0) is 13.5 Å². The maximum Gasteiger partial charge on any atom is 0.250 e. The molecule has 2 aromatic rings. The van der Waals surface area contributed by atoms with E-state index in [1.165, 1.54) is 6.20 Å². The second-order valence-electron chi connectivity index (χ2n) is 4.14. The van der Waals surface area contributed by atoms with E-state index in [4.69, 9.17) is 11.5 Å². The topological polar surface area (TPSA) is 112 Å². The van der Waals surface area contributed by atoms with Gasteiger partial charge in [0.25, 0.3) is 5.91 Å². The number of rotatable bonds is 5. The van der Waals surface area contributed by atoms with Crippen molar-refractivity contribution in [2.45, 2.75) is 6.42 Å². The molecule has 0 saturated heterocycles. The average molecular weight is 260 g/mol. The number of nitrogen functional groups attached to an aromatic ring is 1. The number of amides is 1. The van der Waals surface area contributed by atoms with Crippen LogP contribution in [0.1, 0.15) is 16.1 Å². The average Bonchev–Trinajstić information content (AvgIpc) is 2.77. The van der Waals surface area contributed by atoms with Crippen molar-refractivity contribution in [3.63, 3.8) is 0 Å². The summed E-state index contributed by atoms with van der Waals surface area (Å²) in [5.74, 6) is 0.0137. The highest BCUT2D eigenvalue weighted by Gasteiger charge is 2.07. The van der Waals surface area contributed by atoms with Gasteiger partial charge in [-0.3, -0.25) is 9.48 Å². The van der Waals surface area contributed by atoms with Gasteiger partial charge in [0.1, 0.15) is 5.82 Å². The molecule has 0 saturated carbocycles. The highest BCUT2D eigenvalue weighted by molar-refractivity contribution is 5.98. The van der Waals surface area contributed by atoms with E-state index < -0.39 is 5.91 Å². The van der Waals surface area contributed by atoms with E-state index in [9.17, 15) is 4.79 Å². The lowest BCUT2D eigenvalue weighted by Crippen LogP contribution is -2.15. The molecule has 0 radical (unpaired) electrons. The second kappa shape index (κ2) is 5.38. The Kier molecular flexibility index (Phi) is 3.65. The molecule has 0 unspecified atom stereocenters. The van der Waals surface area contributed by atoms with Crippen LogP contribution in [0.15, 0.2) is 24.5 Å². The van der Waals surface area contributed by atoms with Crippen molar-refractivity contribution in [1.82, 2.24) is 14.8 Å². The Morgan fingerprint density at radius 1 is 1.53 bits per heavy atom. The van der Waals surface area contributed by atoms with Crippen LogP contribution in [0.5, 0.6) is 0 Å². The number of aromatic nitrogens is 3. The normalized spacial score (nSPS) is 10.4. The first-order valence-electron chi connectivity index (χ1n) is 5.84. The van der Waals surface area contributed by atoms with E-state index in [0.29, 0.717) is 12.4 Å². The molecule has 2 rings (SSSR count). The fourth-order valence-corrected chi connectivity index (χ4v) is 1.74. The van der Waals surface area contributed by atoms with E-state index in [1.54, 1.807) is 12.3 Å². The van der Waals surface area contributed by atoms with Gasteiger partial charge in [-0.1, -0.05) is 0 Å². The quantitative estimate of drug-likeness (QED) is 0.708. The molecule has 0 aromatic carbocycles. The molecule has 7 nitrogen and oxygen atoms in total. The van der Waals surface area contributed by atoms with E-state index in [1.807, 2.05) is 17.8 Å². The molecule has 5 N–H and O–H groups in total. The molecule has 2 aromatic heterocycles. The van der Waals surface area contributed by atoms with Crippen LogP contribution in [0.2, 0.25) is 0 Å². The summed E-state index contributed by atoms with van der Waals surface area (Å²) in [6, 6.07) is 3.51. The molecular formula is C12H16N6O. The van der Waals surface area contributed by atoms with E-state index >= 15 is 0 Å². The number of nitrogens with zero attached hydrogens (tertiary/aromatic N) is 3. The number of nitrogens with two attached hydrogens (primary N) is 2. The summed E-state index contributed by atoms with van der Waals surface area (Å²) in [6.45, 7) is 0.675. The minimum atomic E-state index is -0.561. The second-order valence-corrected chi connectivity index (χ2v) is 4.14. The first-order chi connectivity index (χ1) is 9.08. The van der Waals surface area contributed by atoms with Gasteiger partial charge >= 0.3 is 0 Å². The Morgan fingerprint density at radius 2 is 2.32 bits per heavy atom. The SMILES string of the molecule is Cn1nccc1CCNc1cc(C(N)=O)c(N)cn1. The zero-order valence-electron chi connectivity index (χ0n) is 10.6. The summed E-state index contributed by atoms with van der Waals surface area (Å²) in [5, 5.41) is 7.20. The van der Waals surface area contributed by atoms with Gasteiger partial charge < -0.3 is 16.8 Å². The summed E-state index contributed by atoms with van der Waals surface area (Å²) in [7, 11) is 1.89. The van der Waals surface area contributed by atoms with Crippen LogP contribution in [0.25, 0.3) is 0 Å². The molecule has 0 fully saturated rings. The minimum Gasteiger partial charge on any atom is -0.397 e. The van der Waals surface area contributed by atoms with Crippen LogP contribution in [-0.4, -0.2) is 27.2 Å². The third-order valence-corrected chi connectivity index (χ3v) is 2.81. The number of primary amides is 1. The van der Waals surface area contributed by atoms with Gasteiger partial charge in [0.15, 0.2) is 0 Å². The molecule has 2 heterocycles. The lowest BCUT2D eigenvalue weighted by atomic mass is 10.2. The number of hydrogen-bond donors (Lipinski definition) is 3. The molecule has 0 atom stereocenters. The summed E-state index contributed by atoms with van der Waals surface area (Å²) < 4.78 is 1.81. The highest BCUT2D eigenvalue weighted by atomic mass is 16.1. The monoisotopic (exact) mass is 260 g/mol. The fourth-order valence-electron chi connectivity index (χ4n) is 1.74. The van der Waals surface area contributed by atoms with Crippen molar-refractivity contribution in [2.24, 2.45) is 12.8 Å². The van der Waals surface area contributed by atoms with Gasteiger partial charge in [-0.2, -0.15) is 5.10 Å². The zero-order valence-corrected chi connectivity index (χ0v) is 10.6. The number of pyridine rings is 1. The van der Waals surface area contributed by atoms with Gasteiger partial charge in [0.2, 0.25) is 0 Å². The van der Waals surface area contributed by atoms with Crippen LogP contribution in [0.4, 0.5) is 11.5 Å². The molecule has 100 valence electrons. The third-order valence-electron chi connectivity index (χ3n) is 2.81. The lowest BCUT2D eigenvalue weighted by molar-refractivity contribution is 0.100. The number of carbonyl (C=O) groups excluding carboxylic acids is 1. The van der Waals surface area contributed by atoms with Gasteiger partial charge in [0, 0.05) is 31.9 Å². The summed E-state index contributed by atoms with van der Waals surface area (Å²) in [5.41, 5.74) is 12.5. The predicted octanol–water partition coefficient (Wildman–Crippen LogP) is 0.151. The van der Waals surface area contributed by atoms with Gasteiger partial charge in [-0.15, -0.1) is 0 Å². The summed E-state index contributed by atoms with van der Waals surface area (Å²) in [4.78, 5) is 15.3. The molecule has 0 aliphatic carbocycles. The number of aryl methyl sites for hydroxylation is 1. The van der Waals surface area contributed by atoms with Crippen molar-refractivity contribution in [1.29, 1.82) is 0 Å². The molecule has 1 amide bonds. The maximum absolute atomic E-state index is 11.2. The number of carbonyl (C=O) groups is 1. The van der Waals surface area contributed by atoms with Crippen molar-refractivity contribution in [3.8, 4) is 0 Å². The van der Waals surface area contributed by atoms with Gasteiger partial charge in [-0.05, 0) is 12.1 Å². The molecule has 0 bridgehead atoms. The summed E-state index contributed by atoms with van der Waals surface area (Å²) >= 11 is 0. The lowest BCUT2D eigenvalue weighted by Gasteiger charge is -2.08. The van der Waals surface area contributed by atoms with Crippen LogP contribution >= 0.6 is 0 Å². The number of hydrogen-bond acceptors (Lipinski definition) is 5. The predicted molar refractivity (Wildman–Crippen MR) is 72.6 cm³/mol. The highest BCUT2D eigenvalue weighted by Crippen LogP contribution is 2.14. The molecule has 0 aliphatic rings. The smallest absolute Gasteiger partial charge is 0.250 e. The Morgan fingerprint density at radius 3 is 2.95 bits per heavy atom. The third kappa shape index (κ3) is 3.01. The first kappa shape index (κ1) is 12.9. The Balaban J connectivity index is 1.98. The Bertz CT molecular complexity index is 592. The largest absolute Gasteiger partial charge is 0.397 e. The Hall–Kier alpha value is -2.57. The van der Waals surface area contributed by atoms with Crippen molar-refractivity contribution < 1.29 is 4.79 Å². The Labute approximate surface area is 110 Å². The van der Waals surface area contributed by atoms with Crippen LogP contribution in [0.3, 0.4) is 0 Å². The number of anilines is 2. The van der Waals surface area contributed by atoms with E-state index in [2.05, 4.69) is 15.4 Å². The first-order valence-corrected chi connectivity index (χ1v) is 5.84. The van der Waals surface area contributed by atoms with Gasteiger partial charge in [0.05, 0.1) is 17.4 Å². The maximum atomic E-state index is 11.2. The standard InChI is InChI=1S/C12H16N6O/c1-18-8(3-5-17-18)2-4-15-11-6-9(12(14)19)10(13)7-16-11/h3,5-7H,2,4,13H2,1H3,(H2,14,19)(H,15,16). The molecule has 7 heteroatoms. The minimum absolute atomic E-state index is 0.276. The van der Waals surface area contributed by atoms with Crippen molar-refractivity contribution in [3.05, 3.63) is 35.8 Å². The van der Waals surface area contributed by atoms with Crippen LogP contribution in [0, 0.1) is 0 Å². The van der Waals surface area contributed by atoms with Crippen LogP contribution < -0.4 is 16.8 Å². The van der Waals surface area contributed by atoms with E-state index in [0.717, 1.165) is 12.1 Å². The molecule has 0 spiro atoms. The van der Waals surface area contributed by atoms with E-state index in [-0.39, 0.29) is 11.3 Å². The fraction of sp³-hybridized carbons (Fsp3) is 0.250. The number of nitrogens with one attached hydrogen (secondary N) is 1. The van der Waals surface area contributed by atoms with Crippen molar-refractivity contribution >= 4 is 17.4 Å². The molecule has 0 aliphatic heterocycles. The zero-order chi connectivity index (χ0) is 13.8. The van der Waals surface area contributed by atoms with Crippen molar-refractivity contribution in [2.75, 3.05) is 17.6 Å². The summed E-state index contributed by atoms with van der Waals surface area (Å²) in [6.07, 6.45) is 3.98. The van der Waals surface area contributed by atoms with Gasteiger partial charge in [-0.25, -0.2) is 4.98 Å². The molecular weight excluding hydrogens is 244 g/mol.